The molecule has 5 nitrogen and oxygen atoms in total. The van der Waals surface area contributed by atoms with E-state index in [-0.39, 0.29) is 24.0 Å². The van der Waals surface area contributed by atoms with Crippen molar-refractivity contribution in [2.75, 3.05) is 25.9 Å². The SMILES string of the molecule is CN=C(NCC(C)Cn1nc(C)cc1C)NCC1(C)CCCS1.I. The maximum atomic E-state index is 4.54. The van der Waals surface area contributed by atoms with Gasteiger partial charge in [0.15, 0.2) is 5.96 Å². The molecule has 1 saturated heterocycles. The quantitative estimate of drug-likeness (QED) is 0.385. The van der Waals surface area contributed by atoms with Crippen LogP contribution in [0.3, 0.4) is 0 Å². The van der Waals surface area contributed by atoms with E-state index in [1.165, 1.54) is 24.3 Å². The number of guanidine groups is 1. The zero-order valence-electron chi connectivity index (χ0n) is 15.6. The second kappa shape index (κ2) is 9.89. The summed E-state index contributed by atoms with van der Waals surface area (Å²) < 4.78 is 2.45. The number of hydrogen-bond acceptors (Lipinski definition) is 3. The second-order valence-corrected chi connectivity index (χ2v) is 8.61. The van der Waals surface area contributed by atoms with Crippen molar-refractivity contribution in [2.45, 2.75) is 51.8 Å². The molecule has 0 aromatic carbocycles. The fraction of sp³-hybridized carbons (Fsp3) is 0.765. The molecule has 0 bridgehead atoms. The van der Waals surface area contributed by atoms with Crippen molar-refractivity contribution in [3.8, 4) is 0 Å². The molecule has 2 N–H and O–H groups in total. The standard InChI is InChI=1S/C17H31N5S.HI/c1-13(11-22-15(3)9-14(2)21-22)10-19-16(18-5)20-12-17(4)7-6-8-23-17;/h9,13H,6-8,10-12H2,1-5H3,(H2,18,19,20);1H. The number of rotatable bonds is 6. The molecule has 24 heavy (non-hydrogen) atoms. The Morgan fingerprint density at radius 2 is 2.21 bits per heavy atom. The molecule has 0 aliphatic carbocycles. The van der Waals surface area contributed by atoms with Gasteiger partial charge in [0.05, 0.1) is 5.69 Å². The van der Waals surface area contributed by atoms with Gasteiger partial charge in [-0.2, -0.15) is 16.9 Å². The smallest absolute Gasteiger partial charge is 0.191 e. The van der Waals surface area contributed by atoms with E-state index < -0.39 is 0 Å². The molecule has 1 aromatic rings. The van der Waals surface area contributed by atoms with Gasteiger partial charge in [0.1, 0.15) is 0 Å². The average Bonchev–Trinajstić information content (AvgIpc) is 3.06. The Hall–Kier alpha value is -0.440. The molecule has 1 aliphatic heterocycles. The van der Waals surface area contributed by atoms with Gasteiger partial charge in [0.2, 0.25) is 0 Å². The lowest BCUT2D eigenvalue weighted by Crippen LogP contribution is -2.45. The zero-order chi connectivity index (χ0) is 16.9. The Labute approximate surface area is 167 Å². The van der Waals surface area contributed by atoms with Crippen LogP contribution in [-0.2, 0) is 6.54 Å². The van der Waals surface area contributed by atoms with Gasteiger partial charge in [-0.3, -0.25) is 9.67 Å². The van der Waals surface area contributed by atoms with E-state index in [0.717, 1.165) is 31.3 Å². The normalized spacial score (nSPS) is 22.1. The molecule has 2 rings (SSSR count). The van der Waals surface area contributed by atoms with E-state index in [1.54, 1.807) is 0 Å². The van der Waals surface area contributed by atoms with Crippen molar-refractivity contribution in [3.05, 3.63) is 17.5 Å². The third kappa shape index (κ3) is 6.46. The van der Waals surface area contributed by atoms with Crippen LogP contribution in [-0.4, -0.2) is 46.4 Å². The highest BCUT2D eigenvalue weighted by molar-refractivity contribution is 14.0. The summed E-state index contributed by atoms with van der Waals surface area (Å²) in [6.45, 7) is 11.5. The highest BCUT2D eigenvalue weighted by atomic mass is 127. The van der Waals surface area contributed by atoms with Gasteiger partial charge in [0, 0.05) is 37.1 Å². The monoisotopic (exact) mass is 465 g/mol. The molecule has 2 atom stereocenters. The summed E-state index contributed by atoms with van der Waals surface area (Å²) in [5.74, 6) is 2.67. The Morgan fingerprint density at radius 1 is 1.46 bits per heavy atom. The summed E-state index contributed by atoms with van der Waals surface area (Å²) in [4.78, 5) is 4.34. The number of thioether (sulfide) groups is 1. The molecule has 138 valence electrons. The van der Waals surface area contributed by atoms with Crippen LogP contribution in [0.25, 0.3) is 0 Å². The zero-order valence-corrected chi connectivity index (χ0v) is 18.7. The Morgan fingerprint density at radius 3 is 2.75 bits per heavy atom. The predicted octanol–water partition coefficient (Wildman–Crippen LogP) is 3.20. The molecule has 1 aliphatic rings. The number of aliphatic imine (C=N–C) groups is 1. The number of nitrogens with one attached hydrogen (secondary N) is 2. The number of aromatic nitrogens is 2. The Kier molecular flexibility index (Phi) is 8.90. The third-order valence-electron chi connectivity index (χ3n) is 4.36. The minimum atomic E-state index is 0. The van der Waals surface area contributed by atoms with Gasteiger partial charge in [-0.1, -0.05) is 6.92 Å². The van der Waals surface area contributed by atoms with Crippen LogP contribution in [0.1, 0.15) is 38.1 Å². The Balaban J connectivity index is 0.00000288. The highest BCUT2D eigenvalue weighted by Crippen LogP contribution is 2.36. The predicted molar refractivity (Wildman–Crippen MR) is 116 cm³/mol. The van der Waals surface area contributed by atoms with Crippen molar-refractivity contribution in [1.29, 1.82) is 0 Å². The summed E-state index contributed by atoms with van der Waals surface area (Å²) in [7, 11) is 1.84. The first-order valence-corrected chi connectivity index (χ1v) is 9.50. The lowest BCUT2D eigenvalue weighted by molar-refractivity contribution is 0.435. The second-order valence-electron chi connectivity index (χ2n) is 6.92. The largest absolute Gasteiger partial charge is 0.356 e. The lowest BCUT2D eigenvalue weighted by Gasteiger charge is -2.25. The first-order valence-electron chi connectivity index (χ1n) is 8.51. The van der Waals surface area contributed by atoms with Crippen molar-refractivity contribution >= 4 is 41.7 Å². The third-order valence-corrected chi connectivity index (χ3v) is 5.90. The van der Waals surface area contributed by atoms with Crippen LogP contribution in [0.15, 0.2) is 11.1 Å². The van der Waals surface area contributed by atoms with E-state index in [0.29, 0.717) is 10.7 Å². The van der Waals surface area contributed by atoms with Crippen molar-refractivity contribution < 1.29 is 0 Å². The fourth-order valence-electron chi connectivity index (χ4n) is 2.96. The van der Waals surface area contributed by atoms with E-state index in [1.807, 2.05) is 14.0 Å². The molecule has 0 saturated carbocycles. The van der Waals surface area contributed by atoms with E-state index in [9.17, 15) is 0 Å². The molecule has 7 heteroatoms. The molecule has 0 amide bonds. The molecule has 1 aromatic heterocycles. The van der Waals surface area contributed by atoms with Crippen LogP contribution in [0.2, 0.25) is 0 Å². The maximum Gasteiger partial charge on any atom is 0.191 e. The van der Waals surface area contributed by atoms with Crippen LogP contribution < -0.4 is 10.6 Å². The molecular formula is C17H32IN5S. The topological polar surface area (TPSA) is 54.2 Å². The summed E-state index contributed by atoms with van der Waals surface area (Å²) >= 11 is 2.07. The number of aryl methyl sites for hydroxylation is 2. The van der Waals surface area contributed by atoms with Gasteiger partial charge >= 0.3 is 0 Å². The Bertz CT molecular complexity index is 537. The minimum Gasteiger partial charge on any atom is -0.356 e. The summed E-state index contributed by atoms with van der Waals surface area (Å²) in [6.07, 6.45) is 2.62. The molecule has 0 spiro atoms. The van der Waals surface area contributed by atoms with E-state index in [4.69, 9.17) is 0 Å². The van der Waals surface area contributed by atoms with Crippen LogP contribution in [0.5, 0.6) is 0 Å². The van der Waals surface area contributed by atoms with Gasteiger partial charge in [-0.15, -0.1) is 24.0 Å². The van der Waals surface area contributed by atoms with Crippen LogP contribution in [0, 0.1) is 19.8 Å². The molecule has 0 radical (unpaired) electrons. The molecule has 2 heterocycles. The van der Waals surface area contributed by atoms with Crippen LogP contribution in [0.4, 0.5) is 0 Å². The highest BCUT2D eigenvalue weighted by Gasteiger charge is 2.29. The first kappa shape index (κ1) is 21.6. The number of halogens is 1. The summed E-state index contributed by atoms with van der Waals surface area (Å²) in [5.41, 5.74) is 2.31. The fourth-order valence-corrected chi connectivity index (χ4v) is 4.20. The van der Waals surface area contributed by atoms with Gasteiger partial charge in [0.25, 0.3) is 0 Å². The van der Waals surface area contributed by atoms with Crippen molar-refractivity contribution in [1.82, 2.24) is 20.4 Å². The number of nitrogens with zero attached hydrogens (tertiary/aromatic N) is 3. The average molecular weight is 465 g/mol. The number of hydrogen-bond donors (Lipinski definition) is 2. The minimum absolute atomic E-state index is 0. The summed E-state index contributed by atoms with van der Waals surface area (Å²) in [6, 6.07) is 2.13. The van der Waals surface area contributed by atoms with Crippen molar-refractivity contribution in [3.63, 3.8) is 0 Å². The van der Waals surface area contributed by atoms with Gasteiger partial charge in [-0.25, -0.2) is 0 Å². The molecular weight excluding hydrogens is 433 g/mol. The summed E-state index contributed by atoms with van der Waals surface area (Å²) in [5, 5.41) is 11.5. The lowest BCUT2D eigenvalue weighted by atomic mass is 10.1. The maximum absolute atomic E-state index is 4.54. The van der Waals surface area contributed by atoms with E-state index >= 15 is 0 Å². The van der Waals surface area contributed by atoms with Gasteiger partial charge in [-0.05, 0) is 51.3 Å². The van der Waals surface area contributed by atoms with E-state index in [2.05, 4.69) is 64.0 Å². The van der Waals surface area contributed by atoms with Crippen LogP contribution >= 0.6 is 35.7 Å². The van der Waals surface area contributed by atoms with Crippen molar-refractivity contribution in [2.24, 2.45) is 10.9 Å². The molecule has 2 unspecified atom stereocenters. The van der Waals surface area contributed by atoms with Gasteiger partial charge < -0.3 is 10.6 Å². The molecule has 1 fully saturated rings. The first-order chi connectivity index (χ1) is 10.9.